The number of fused-ring (bicyclic) bond motifs is 1. The largest absolute Gasteiger partial charge is 0.416 e. The molecule has 1 aromatic carbocycles. The van der Waals surface area contributed by atoms with Gasteiger partial charge in [0.25, 0.3) is 5.91 Å². The first kappa shape index (κ1) is 22.8. The lowest BCUT2D eigenvalue weighted by molar-refractivity contribution is -0.138. The van der Waals surface area contributed by atoms with Crippen molar-refractivity contribution < 1.29 is 22.8 Å². The van der Waals surface area contributed by atoms with E-state index in [1.807, 2.05) is 0 Å². The summed E-state index contributed by atoms with van der Waals surface area (Å²) in [4.78, 5) is 28.2. The minimum absolute atomic E-state index is 0.0727. The number of rotatable bonds is 4. The van der Waals surface area contributed by atoms with Crippen molar-refractivity contribution in [1.82, 2.24) is 24.4 Å². The molecule has 0 saturated carbocycles. The van der Waals surface area contributed by atoms with E-state index in [2.05, 4.69) is 10.2 Å². The van der Waals surface area contributed by atoms with Gasteiger partial charge < -0.3 is 9.80 Å². The van der Waals surface area contributed by atoms with E-state index >= 15 is 0 Å². The SMILES string of the molecule is CN(C)C(=O)Cc1ccc2nnc(C(=O)N3CCC(c4ccccc4C(F)(F)F)CC3)n2c1. The van der Waals surface area contributed by atoms with Gasteiger partial charge in [0.05, 0.1) is 12.0 Å². The summed E-state index contributed by atoms with van der Waals surface area (Å²) >= 11 is 0. The van der Waals surface area contributed by atoms with Crippen LogP contribution in [-0.2, 0) is 17.4 Å². The number of hydrogen-bond acceptors (Lipinski definition) is 4. The molecule has 0 aliphatic carbocycles. The zero-order valence-electron chi connectivity index (χ0n) is 18.3. The highest BCUT2D eigenvalue weighted by Gasteiger charge is 2.36. The number of pyridine rings is 1. The normalized spacial score (nSPS) is 15.1. The quantitative estimate of drug-likeness (QED) is 0.600. The molecule has 2 amide bonds. The van der Waals surface area contributed by atoms with Gasteiger partial charge in [0.1, 0.15) is 0 Å². The number of benzene rings is 1. The number of hydrogen-bond donors (Lipinski definition) is 0. The third-order valence-corrected chi connectivity index (χ3v) is 6.00. The Kier molecular flexibility index (Phi) is 6.09. The summed E-state index contributed by atoms with van der Waals surface area (Å²) in [6, 6.07) is 9.10. The van der Waals surface area contributed by atoms with Crippen LogP contribution in [0.25, 0.3) is 5.65 Å². The molecule has 0 atom stereocenters. The summed E-state index contributed by atoms with van der Waals surface area (Å²) < 4.78 is 41.7. The molecular weight excluding hydrogens is 435 g/mol. The first-order valence-corrected chi connectivity index (χ1v) is 10.6. The number of likely N-dealkylation sites (tertiary alicyclic amines) is 1. The zero-order valence-corrected chi connectivity index (χ0v) is 18.3. The van der Waals surface area contributed by atoms with Crippen LogP contribution in [0.1, 0.15) is 46.1 Å². The molecule has 0 N–H and O–H groups in total. The van der Waals surface area contributed by atoms with E-state index in [9.17, 15) is 22.8 Å². The van der Waals surface area contributed by atoms with Crippen LogP contribution < -0.4 is 0 Å². The molecule has 7 nitrogen and oxygen atoms in total. The van der Waals surface area contributed by atoms with Gasteiger partial charge in [0.15, 0.2) is 5.65 Å². The summed E-state index contributed by atoms with van der Waals surface area (Å²) in [7, 11) is 3.34. The summed E-state index contributed by atoms with van der Waals surface area (Å²) in [6.07, 6.45) is -1.69. The predicted molar refractivity (Wildman–Crippen MR) is 115 cm³/mol. The topological polar surface area (TPSA) is 70.8 Å². The first-order chi connectivity index (χ1) is 15.6. The molecule has 0 spiro atoms. The highest BCUT2D eigenvalue weighted by Crippen LogP contribution is 2.38. The summed E-state index contributed by atoms with van der Waals surface area (Å²) in [5.41, 5.74) is 0.865. The number of aromatic nitrogens is 3. The van der Waals surface area contributed by atoms with Gasteiger partial charge in [0, 0.05) is 33.4 Å². The molecule has 3 heterocycles. The Bertz CT molecular complexity index is 1180. The van der Waals surface area contributed by atoms with Crippen LogP contribution in [0.15, 0.2) is 42.6 Å². The van der Waals surface area contributed by atoms with Crippen molar-refractivity contribution in [2.24, 2.45) is 0 Å². The molecule has 0 unspecified atom stereocenters. The van der Waals surface area contributed by atoms with Gasteiger partial charge in [-0.2, -0.15) is 13.2 Å². The lowest BCUT2D eigenvalue weighted by Gasteiger charge is -2.32. The number of amides is 2. The monoisotopic (exact) mass is 459 g/mol. The number of piperidine rings is 1. The van der Waals surface area contributed by atoms with Crippen molar-refractivity contribution in [2.45, 2.75) is 31.4 Å². The maximum absolute atomic E-state index is 13.4. The summed E-state index contributed by atoms with van der Waals surface area (Å²) in [5.74, 6) is -0.554. The minimum atomic E-state index is -4.41. The van der Waals surface area contributed by atoms with Gasteiger partial charge in [0.2, 0.25) is 11.7 Å². The molecule has 1 fully saturated rings. The highest BCUT2D eigenvalue weighted by atomic mass is 19.4. The molecule has 10 heteroatoms. The number of halogens is 3. The highest BCUT2D eigenvalue weighted by molar-refractivity contribution is 5.91. The van der Waals surface area contributed by atoms with E-state index in [0.717, 1.165) is 11.6 Å². The van der Waals surface area contributed by atoms with Crippen LogP contribution in [0.4, 0.5) is 13.2 Å². The second kappa shape index (κ2) is 8.84. The molecule has 2 aromatic heterocycles. The van der Waals surface area contributed by atoms with E-state index in [4.69, 9.17) is 0 Å². The maximum atomic E-state index is 13.4. The van der Waals surface area contributed by atoms with E-state index in [1.165, 1.54) is 17.0 Å². The molecule has 33 heavy (non-hydrogen) atoms. The lowest BCUT2D eigenvalue weighted by Crippen LogP contribution is -2.39. The second-order valence-electron chi connectivity index (χ2n) is 8.41. The van der Waals surface area contributed by atoms with Gasteiger partial charge in [-0.25, -0.2) is 0 Å². The fourth-order valence-corrected chi connectivity index (χ4v) is 4.16. The number of carbonyl (C=O) groups excluding carboxylic acids is 2. The maximum Gasteiger partial charge on any atom is 0.416 e. The molecule has 0 bridgehead atoms. The van der Waals surface area contributed by atoms with Crippen LogP contribution in [-0.4, -0.2) is 63.4 Å². The standard InChI is InChI=1S/C23H24F3N5O2/c1-29(2)20(32)13-15-7-8-19-27-28-21(31(19)14-15)22(33)30-11-9-16(10-12-30)17-5-3-4-6-18(17)23(24,25)26/h3-8,14,16H,9-13H2,1-2H3. The van der Waals surface area contributed by atoms with E-state index < -0.39 is 11.7 Å². The van der Waals surface area contributed by atoms with Gasteiger partial charge >= 0.3 is 6.18 Å². The average molecular weight is 459 g/mol. The molecule has 3 aromatic rings. The van der Waals surface area contributed by atoms with Crippen LogP contribution >= 0.6 is 0 Å². The molecular formula is C23H24F3N5O2. The third kappa shape index (κ3) is 4.69. The van der Waals surface area contributed by atoms with Crippen molar-refractivity contribution in [3.8, 4) is 0 Å². The van der Waals surface area contributed by atoms with Crippen molar-refractivity contribution in [2.75, 3.05) is 27.2 Å². The fourth-order valence-electron chi connectivity index (χ4n) is 4.16. The molecule has 1 saturated heterocycles. The number of carbonyl (C=O) groups is 2. The lowest BCUT2D eigenvalue weighted by atomic mass is 9.86. The summed E-state index contributed by atoms with van der Waals surface area (Å²) in [6.45, 7) is 0.646. The Hall–Kier alpha value is -3.43. The van der Waals surface area contributed by atoms with Crippen LogP contribution in [0.3, 0.4) is 0 Å². The Morgan fingerprint density at radius 1 is 1.06 bits per heavy atom. The van der Waals surface area contributed by atoms with Gasteiger partial charge in [-0.15, -0.1) is 10.2 Å². The van der Waals surface area contributed by atoms with Gasteiger partial charge in [-0.3, -0.25) is 14.0 Å². The Labute approximate surface area is 188 Å². The molecule has 4 rings (SSSR count). The molecule has 1 aliphatic rings. The number of nitrogens with zero attached hydrogens (tertiary/aromatic N) is 5. The van der Waals surface area contributed by atoms with Crippen LogP contribution in [0.2, 0.25) is 0 Å². The minimum Gasteiger partial charge on any atom is -0.349 e. The second-order valence-corrected chi connectivity index (χ2v) is 8.41. The van der Waals surface area contributed by atoms with Crippen molar-refractivity contribution in [3.63, 3.8) is 0 Å². The fraction of sp³-hybridized carbons (Fsp3) is 0.391. The average Bonchev–Trinajstić information content (AvgIpc) is 3.21. The smallest absolute Gasteiger partial charge is 0.349 e. The Balaban J connectivity index is 1.50. The van der Waals surface area contributed by atoms with E-state index in [1.54, 1.807) is 47.8 Å². The van der Waals surface area contributed by atoms with E-state index in [0.29, 0.717) is 31.6 Å². The predicted octanol–water partition coefficient (Wildman–Crippen LogP) is 3.40. The number of alkyl halides is 3. The molecule has 0 radical (unpaired) electrons. The summed E-state index contributed by atoms with van der Waals surface area (Å²) in [5, 5.41) is 8.06. The van der Waals surface area contributed by atoms with Crippen molar-refractivity contribution in [1.29, 1.82) is 0 Å². The van der Waals surface area contributed by atoms with Crippen LogP contribution in [0, 0.1) is 0 Å². The zero-order chi connectivity index (χ0) is 23.8. The third-order valence-electron chi connectivity index (χ3n) is 6.00. The van der Waals surface area contributed by atoms with Crippen molar-refractivity contribution >= 4 is 17.5 Å². The number of likely N-dealkylation sites (N-methyl/N-ethyl adjacent to an activating group) is 1. The van der Waals surface area contributed by atoms with Crippen LogP contribution in [0.5, 0.6) is 0 Å². The Morgan fingerprint density at radius 3 is 2.42 bits per heavy atom. The van der Waals surface area contributed by atoms with Gasteiger partial charge in [-0.1, -0.05) is 24.3 Å². The van der Waals surface area contributed by atoms with Crippen molar-refractivity contribution in [3.05, 3.63) is 65.1 Å². The van der Waals surface area contributed by atoms with E-state index in [-0.39, 0.29) is 35.5 Å². The molecule has 1 aliphatic heterocycles. The molecule has 174 valence electrons. The Morgan fingerprint density at radius 2 is 1.76 bits per heavy atom. The van der Waals surface area contributed by atoms with Gasteiger partial charge in [-0.05, 0) is 42.0 Å². The first-order valence-electron chi connectivity index (χ1n) is 10.6.